The quantitative estimate of drug-likeness (QED) is 0.747. The lowest BCUT2D eigenvalue weighted by atomic mass is 10.1. The summed E-state index contributed by atoms with van der Waals surface area (Å²) in [5.41, 5.74) is 0. The minimum atomic E-state index is -0.807. The van der Waals surface area contributed by atoms with Crippen LogP contribution >= 0.6 is 23.2 Å². The number of aliphatic hydroxyl groups excluding tert-OH is 1. The zero-order valence-electron chi connectivity index (χ0n) is 12.1. The van der Waals surface area contributed by atoms with Crippen molar-refractivity contribution in [3.8, 4) is 5.75 Å². The summed E-state index contributed by atoms with van der Waals surface area (Å²) >= 11 is 11.9. The van der Waals surface area contributed by atoms with Crippen molar-refractivity contribution in [1.82, 2.24) is 5.32 Å². The molecule has 0 unspecified atom stereocenters. The Morgan fingerprint density at radius 1 is 1.45 bits per heavy atom. The highest BCUT2D eigenvalue weighted by Crippen LogP contribution is 2.31. The van der Waals surface area contributed by atoms with E-state index >= 15 is 0 Å². The number of nitrogens with one attached hydrogen (secondary N) is 1. The molecule has 0 radical (unpaired) electrons. The molecule has 1 aliphatic rings. The molecule has 1 aromatic rings. The number of carbonyl (C=O) groups excluding carboxylic acids is 1. The molecule has 6 heteroatoms. The maximum atomic E-state index is 11.7. The van der Waals surface area contributed by atoms with Crippen molar-refractivity contribution >= 4 is 29.1 Å². The van der Waals surface area contributed by atoms with Gasteiger partial charge in [-0.3, -0.25) is 4.79 Å². The van der Waals surface area contributed by atoms with Crippen LogP contribution in [0.4, 0.5) is 0 Å². The van der Waals surface area contributed by atoms with Crippen LogP contribution in [0, 0.1) is 5.92 Å². The summed E-state index contributed by atoms with van der Waals surface area (Å²) in [7, 11) is 0. The number of ether oxygens (including phenoxy) is 1. The molecular formula is C16H19Cl2NO3. The average Bonchev–Trinajstić information content (AvgIpc) is 2.99. The third-order valence-electron chi connectivity index (χ3n) is 3.44. The number of hydrogen-bond acceptors (Lipinski definition) is 3. The molecule has 1 aliphatic carbocycles. The minimum absolute atomic E-state index is 0.0314. The normalized spacial score (nSPS) is 18.2. The highest BCUT2D eigenvalue weighted by molar-refractivity contribution is 6.42. The highest BCUT2D eigenvalue weighted by atomic mass is 35.5. The Kier molecular flexibility index (Phi) is 6.55. The van der Waals surface area contributed by atoms with Crippen molar-refractivity contribution < 1.29 is 14.6 Å². The van der Waals surface area contributed by atoms with Crippen molar-refractivity contribution in [2.24, 2.45) is 5.92 Å². The van der Waals surface area contributed by atoms with E-state index in [1.807, 2.05) is 0 Å². The predicted molar refractivity (Wildman–Crippen MR) is 87.5 cm³/mol. The average molecular weight is 344 g/mol. The molecule has 0 bridgehead atoms. The van der Waals surface area contributed by atoms with Gasteiger partial charge in [0.25, 0.3) is 0 Å². The summed E-state index contributed by atoms with van der Waals surface area (Å²) in [4.78, 5) is 11.7. The molecule has 1 aromatic carbocycles. The fourth-order valence-corrected chi connectivity index (χ4v) is 2.59. The Hall–Kier alpha value is -1.23. The van der Waals surface area contributed by atoms with Crippen LogP contribution in [0.1, 0.15) is 19.3 Å². The molecule has 0 saturated carbocycles. The first-order chi connectivity index (χ1) is 10.6. The van der Waals surface area contributed by atoms with Crippen LogP contribution in [-0.2, 0) is 4.79 Å². The maximum Gasteiger partial charge on any atom is 0.220 e. The van der Waals surface area contributed by atoms with E-state index < -0.39 is 6.10 Å². The smallest absolute Gasteiger partial charge is 0.220 e. The van der Waals surface area contributed by atoms with Gasteiger partial charge in [-0.15, -0.1) is 0 Å². The van der Waals surface area contributed by atoms with E-state index in [4.69, 9.17) is 27.9 Å². The largest absolute Gasteiger partial charge is 0.489 e. The molecule has 22 heavy (non-hydrogen) atoms. The topological polar surface area (TPSA) is 58.6 Å². The van der Waals surface area contributed by atoms with Crippen LogP contribution in [0.25, 0.3) is 0 Å². The molecule has 2 atom stereocenters. The van der Waals surface area contributed by atoms with Crippen LogP contribution in [0.2, 0.25) is 10.0 Å². The second kappa shape index (κ2) is 8.42. The van der Waals surface area contributed by atoms with Gasteiger partial charge in [0, 0.05) is 13.0 Å². The molecule has 1 amide bonds. The van der Waals surface area contributed by atoms with Crippen molar-refractivity contribution in [3.63, 3.8) is 0 Å². The van der Waals surface area contributed by atoms with E-state index in [9.17, 15) is 9.90 Å². The Bertz CT molecular complexity index is 548. The third-order valence-corrected chi connectivity index (χ3v) is 4.24. The fourth-order valence-electron chi connectivity index (χ4n) is 2.25. The molecule has 0 aliphatic heterocycles. The monoisotopic (exact) mass is 343 g/mol. The molecule has 2 N–H and O–H groups in total. The summed E-state index contributed by atoms with van der Waals surface area (Å²) in [6, 6.07) is 5.05. The van der Waals surface area contributed by atoms with Crippen LogP contribution in [0.3, 0.4) is 0 Å². The lowest BCUT2D eigenvalue weighted by Gasteiger charge is -2.15. The lowest BCUT2D eigenvalue weighted by molar-refractivity contribution is -0.122. The van der Waals surface area contributed by atoms with Gasteiger partial charge in [-0.1, -0.05) is 41.4 Å². The summed E-state index contributed by atoms with van der Waals surface area (Å²) in [6.45, 7) is 0.178. The minimum Gasteiger partial charge on any atom is -0.489 e. The van der Waals surface area contributed by atoms with E-state index in [2.05, 4.69) is 17.5 Å². The van der Waals surface area contributed by atoms with Gasteiger partial charge < -0.3 is 15.2 Å². The zero-order chi connectivity index (χ0) is 15.9. The third kappa shape index (κ3) is 5.20. The first-order valence-corrected chi connectivity index (χ1v) is 8.00. The van der Waals surface area contributed by atoms with E-state index in [-0.39, 0.29) is 19.1 Å². The molecule has 120 valence electrons. The van der Waals surface area contributed by atoms with E-state index in [0.29, 0.717) is 28.1 Å². The van der Waals surface area contributed by atoms with Crippen LogP contribution < -0.4 is 10.1 Å². The standard InChI is InChI=1S/C16H19Cl2NO3/c17-13-6-3-7-14(16(13)18)22-10-12(20)9-19-15(21)8-11-4-1-2-5-11/h1,3-4,6-7,11-12,20H,2,5,8-10H2,(H,19,21)/t11-,12+/m1/s1. The van der Waals surface area contributed by atoms with E-state index in [1.165, 1.54) is 0 Å². The van der Waals surface area contributed by atoms with Gasteiger partial charge in [0.05, 0.1) is 5.02 Å². The van der Waals surface area contributed by atoms with Crippen LogP contribution in [0.5, 0.6) is 5.75 Å². The van der Waals surface area contributed by atoms with Crippen molar-refractivity contribution in [1.29, 1.82) is 0 Å². The van der Waals surface area contributed by atoms with Crippen molar-refractivity contribution in [2.75, 3.05) is 13.2 Å². The van der Waals surface area contributed by atoms with Gasteiger partial charge in [-0.2, -0.15) is 0 Å². The van der Waals surface area contributed by atoms with E-state index in [1.54, 1.807) is 18.2 Å². The fraction of sp³-hybridized carbons (Fsp3) is 0.438. The number of benzene rings is 1. The molecule has 0 spiro atoms. The zero-order valence-corrected chi connectivity index (χ0v) is 13.6. The van der Waals surface area contributed by atoms with Crippen molar-refractivity contribution in [2.45, 2.75) is 25.4 Å². The van der Waals surface area contributed by atoms with E-state index in [0.717, 1.165) is 12.8 Å². The van der Waals surface area contributed by atoms with Gasteiger partial charge in [-0.25, -0.2) is 0 Å². The van der Waals surface area contributed by atoms with Gasteiger partial charge >= 0.3 is 0 Å². The number of halogens is 2. The Labute approximate surface area is 140 Å². The summed E-state index contributed by atoms with van der Waals surface area (Å²) < 4.78 is 5.42. The number of carbonyl (C=O) groups is 1. The Morgan fingerprint density at radius 3 is 3.00 bits per heavy atom. The van der Waals surface area contributed by atoms with Gasteiger partial charge in [-0.05, 0) is 30.9 Å². The Morgan fingerprint density at radius 2 is 2.27 bits per heavy atom. The van der Waals surface area contributed by atoms with Gasteiger partial charge in [0.15, 0.2) is 0 Å². The maximum absolute atomic E-state index is 11.7. The molecule has 4 nitrogen and oxygen atoms in total. The van der Waals surface area contributed by atoms with Gasteiger partial charge in [0.1, 0.15) is 23.5 Å². The molecule has 0 aromatic heterocycles. The number of allylic oxidation sites excluding steroid dienone is 2. The molecular weight excluding hydrogens is 325 g/mol. The van der Waals surface area contributed by atoms with Crippen LogP contribution in [0.15, 0.2) is 30.4 Å². The summed E-state index contributed by atoms with van der Waals surface area (Å²) in [6.07, 6.45) is 5.87. The second-order valence-corrected chi connectivity index (χ2v) is 6.08. The first kappa shape index (κ1) is 17.1. The Balaban J connectivity index is 1.69. The molecule has 2 rings (SSSR count). The number of hydrogen-bond donors (Lipinski definition) is 2. The lowest BCUT2D eigenvalue weighted by Crippen LogP contribution is -2.35. The molecule has 0 fully saturated rings. The summed E-state index contributed by atoms with van der Waals surface area (Å²) in [5, 5.41) is 13.3. The number of amides is 1. The van der Waals surface area contributed by atoms with Gasteiger partial charge in [0.2, 0.25) is 5.91 Å². The van der Waals surface area contributed by atoms with Crippen LogP contribution in [-0.4, -0.2) is 30.3 Å². The SMILES string of the molecule is O=C(C[C@@H]1C=CCC1)NC[C@H](O)COc1cccc(Cl)c1Cl. The second-order valence-electron chi connectivity index (χ2n) is 5.29. The number of rotatable bonds is 7. The summed E-state index contributed by atoms with van der Waals surface area (Å²) in [5.74, 6) is 0.672. The molecule has 0 saturated heterocycles. The molecule has 0 heterocycles. The predicted octanol–water partition coefficient (Wildman–Crippen LogP) is 3.21. The first-order valence-electron chi connectivity index (χ1n) is 7.24. The highest BCUT2D eigenvalue weighted by Gasteiger charge is 2.15. The number of aliphatic hydroxyl groups is 1. The van der Waals surface area contributed by atoms with Crippen molar-refractivity contribution in [3.05, 3.63) is 40.4 Å².